The Kier molecular flexibility index (Phi) is 4.87. The van der Waals surface area contributed by atoms with Gasteiger partial charge < -0.3 is 4.74 Å². The van der Waals surface area contributed by atoms with Gasteiger partial charge in [-0.15, -0.1) is 11.3 Å². The third-order valence-electron chi connectivity index (χ3n) is 3.12. The van der Waals surface area contributed by atoms with Crippen LogP contribution in [0.1, 0.15) is 35.0 Å². The van der Waals surface area contributed by atoms with Gasteiger partial charge in [-0.25, -0.2) is 13.2 Å². The number of anilines is 1. The monoisotopic (exact) mass is 339 g/mol. The van der Waals surface area contributed by atoms with Crippen molar-refractivity contribution in [1.29, 1.82) is 0 Å². The predicted octanol–water partition coefficient (Wildman–Crippen LogP) is 3.46. The fourth-order valence-corrected chi connectivity index (χ4v) is 4.47. The molecule has 7 heteroatoms. The summed E-state index contributed by atoms with van der Waals surface area (Å²) in [5.41, 5.74) is 1.40. The molecule has 0 aliphatic carbocycles. The van der Waals surface area contributed by atoms with Crippen molar-refractivity contribution in [3.8, 4) is 0 Å². The van der Waals surface area contributed by atoms with Crippen LogP contribution >= 0.6 is 11.3 Å². The van der Waals surface area contributed by atoms with E-state index in [1.54, 1.807) is 17.5 Å². The Labute approximate surface area is 134 Å². The Balaban J connectivity index is 2.42. The van der Waals surface area contributed by atoms with Crippen molar-refractivity contribution in [3.63, 3.8) is 0 Å². The predicted molar refractivity (Wildman–Crippen MR) is 87.0 cm³/mol. The molecule has 1 N–H and O–H groups in total. The molecule has 118 valence electrons. The van der Waals surface area contributed by atoms with E-state index in [0.717, 1.165) is 16.9 Å². The van der Waals surface area contributed by atoms with E-state index in [1.807, 2.05) is 26.0 Å². The maximum absolute atomic E-state index is 12.6. The highest BCUT2D eigenvalue weighted by molar-refractivity contribution is 7.93. The van der Waals surface area contributed by atoms with Crippen LogP contribution in [0.4, 0.5) is 5.69 Å². The van der Waals surface area contributed by atoms with Crippen molar-refractivity contribution in [2.24, 2.45) is 0 Å². The Morgan fingerprint density at radius 1 is 1.23 bits per heavy atom. The number of hydrogen-bond acceptors (Lipinski definition) is 5. The van der Waals surface area contributed by atoms with Crippen LogP contribution in [-0.4, -0.2) is 21.5 Å². The van der Waals surface area contributed by atoms with E-state index in [-0.39, 0.29) is 15.7 Å². The molecule has 0 atom stereocenters. The number of carbonyl (C=O) groups is 1. The molecule has 0 fully saturated rings. The molecular weight excluding hydrogens is 322 g/mol. The molecule has 0 saturated heterocycles. The van der Waals surface area contributed by atoms with Gasteiger partial charge in [0.25, 0.3) is 10.0 Å². The zero-order chi connectivity index (χ0) is 16.3. The molecule has 0 saturated carbocycles. The minimum atomic E-state index is -3.85. The fourth-order valence-electron chi connectivity index (χ4n) is 2.04. The second-order valence-corrected chi connectivity index (χ2v) is 7.52. The molecule has 0 spiro atoms. The Hall–Kier alpha value is -1.86. The molecule has 5 nitrogen and oxygen atoms in total. The molecule has 0 bridgehead atoms. The average molecular weight is 339 g/mol. The summed E-state index contributed by atoms with van der Waals surface area (Å²) >= 11 is 1.04. The minimum absolute atomic E-state index is 0.0667. The van der Waals surface area contributed by atoms with Gasteiger partial charge in [-0.2, -0.15) is 0 Å². The molecule has 1 aromatic carbocycles. The van der Waals surface area contributed by atoms with E-state index in [4.69, 9.17) is 0 Å². The molecule has 0 amide bonds. The van der Waals surface area contributed by atoms with E-state index >= 15 is 0 Å². The number of para-hydroxylation sites is 1. The number of hydrogen-bond donors (Lipinski definition) is 1. The summed E-state index contributed by atoms with van der Waals surface area (Å²) in [6.45, 7) is 3.97. The standard InChI is InChI=1S/C15H17NO4S2/c1-10(2)11-6-4-5-7-12(11)16-22(18,19)13-8-9-21-14(13)15(17)20-3/h4-10,16H,1-3H3. The molecule has 1 heterocycles. The normalized spacial score (nSPS) is 11.5. The van der Waals surface area contributed by atoms with E-state index in [0.29, 0.717) is 5.69 Å². The molecule has 22 heavy (non-hydrogen) atoms. The Morgan fingerprint density at radius 2 is 1.91 bits per heavy atom. The lowest BCUT2D eigenvalue weighted by molar-refractivity contribution is 0.0602. The summed E-state index contributed by atoms with van der Waals surface area (Å²) in [7, 11) is -2.63. The van der Waals surface area contributed by atoms with Crippen molar-refractivity contribution in [2.75, 3.05) is 11.8 Å². The Bertz CT molecular complexity index is 778. The van der Waals surface area contributed by atoms with E-state index < -0.39 is 16.0 Å². The van der Waals surface area contributed by atoms with Crippen molar-refractivity contribution >= 4 is 33.0 Å². The molecular formula is C15H17NO4S2. The van der Waals surface area contributed by atoms with Crippen LogP contribution in [0.25, 0.3) is 0 Å². The molecule has 0 aliphatic heterocycles. The van der Waals surface area contributed by atoms with Crippen LogP contribution in [-0.2, 0) is 14.8 Å². The zero-order valence-electron chi connectivity index (χ0n) is 12.5. The number of sulfonamides is 1. The molecule has 0 radical (unpaired) electrons. The number of methoxy groups -OCH3 is 1. The van der Waals surface area contributed by atoms with E-state index in [1.165, 1.54) is 13.2 Å². The quantitative estimate of drug-likeness (QED) is 0.847. The van der Waals surface area contributed by atoms with Crippen LogP contribution in [0.15, 0.2) is 40.6 Å². The number of carbonyl (C=O) groups excluding carboxylic acids is 1. The highest BCUT2D eigenvalue weighted by atomic mass is 32.2. The van der Waals surface area contributed by atoms with Gasteiger partial charge in [-0.3, -0.25) is 4.72 Å². The average Bonchev–Trinajstić information content (AvgIpc) is 2.96. The number of benzene rings is 1. The summed E-state index contributed by atoms with van der Waals surface area (Å²) in [6, 6.07) is 8.60. The maximum atomic E-state index is 12.6. The van der Waals surface area contributed by atoms with Gasteiger partial charge in [-0.05, 0) is 29.0 Å². The van der Waals surface area contributed by atoms with Crippen molar-refractivity contribution < 1.29 is 17.9 Å². The number of ether oxygens (including phenoxy) is 1. The first-order chi connectivity index (χ1) is 10.4. The van der Waals surface area contributed by atoms with Gasteiger partial charge in [0.15, 0.2) is 0 Å². The second-order valence-electron chi connectivity index (χ2n) is 4.95. The lowest BCUT2D eigenvalue weighted by Gasteiger charge is -2.14. The van der Waals surface area contributed by atoms with Gasteiger partial charge in [0, 0.05) is 0 Å². The molecule has 1 aromatic heterocycles. The van der Waals surface area contributed by atoms with Gasteiger partial charge >= 0.3 is 5.97 Å². The topological polar surface area (TPSA) is 72.5 Å². The summed E-state index contributed by atoms with van der Waals surface area (Å²) in [5.74, 6) is -0.492. The summed E-state index contributed by atoms with van der Waals surface area (Å²) < 4.78 is 32.3. The summed E-state index contributed by atoms with van der Waals surface area (Å²) in [6.07, 6.45) is 0. The fraction of sp³-hybridized carbons (Fsp3) is 0.267. The maximum Gasteiger partial charge on any atom is 0.349 e. The van der Waals surface area contributed by atoms with Crippen LogP contribution in [0, 0.1) is 0 Å². The molecule has 2 rings (SSSR count). The number of rotatable bonds is 5. The number of esters is 1. The van der Waals surface area contributed by atoms with Crippen molar-refractivity contribution in [1.82, 2.24) is 0 Å². The van der Waals surface area contributed by atoms with Crippen molar-refractivity contribution in [2.45, 2.75) is 24.7 Å². The zero-order valence-corrected chi connectivity index (χ0v) is 14.1. The van der Waals surface area contributed by atoms with Gasteiger partial charge in [0.2, 0.25) is 0 Å². The highest BCUT2D eigenvalue weighted by Gasteiger charge is 2.25. The molecule has 0 aliphatic rings. The lowest BCUT2D eigenvalue weighted by Crippen LogP contribution is -2.16. The van der Waals surface area contributed by atoms with Crippen LogP contribution in [0.5, 0.6) is 0 Å². The van der Waals surface area contributed by atoms with E-state index in [9.17, 15) is 13.2 Å². The summed E-state index contributed by atoms with van der Waals surface area (Å²) in [4.78, 5) is 11.7. The van der Waals surface area contributed by atoms with Gasteiger partial charge in [-0.1, -0.05) is 32.0 Å². The first-order valence-corrected chi connectivity index (χ1v) is 9.00. The van der Waals surface area contributed by atoms with Gasteiger partial charge in [0.05, 0.1) is 12.8 Å². The van der Waals surface area contributed by atoms with Crippen LogP contribution in [0.2, 0.25) is 0 Å². The number of nitrogens with one attached hydrogen (secondary N) is 1. The second kappa shape index (κ2) is 6.50. The molecule has 0 unspecified atom stereocenters. The van der Waals surface area contributed by atoms with Crippen molar-refractivity contribution in [3.05, 3.63) is 46.2 Å². The third-order valence-corrected chi connectivity index (χ3v) is 5.55. The first kappa shape index (κ1) is 16.5. The van der Waals surface area contributed by atoms with E-state index in [2.05, 4.69) is 9.46 Å². The highest BCUT2D eigenvalue weighted by Crippen LogP contribution is 2.29. The first-order valence-electron chi connectivity index (χ1n) is 6.64. The molecule has 2 aromatic rings. The van der Waals surface area contributed by atoms with Crippen LogP contribution < -0.4 is 4.72 Å². The minimum Gasteiger partial charge on any atom is -0.465 e. The smallest absolute Gasteiger partial charge is 0.349 e. The number of thiophene rings is 1. The third kappa shape index (κ3) is 3.31. The largest absolute Gasteiger partial charge is 0.465 e. The van der Waals surface area contributed by atoms with Crippen LogP contribution in [0.3, 0.4) is 0 Å². The summed E-state index contributed by atoms with van der Waals surface area (Å²) in [5, 5.41) is 1.55. The van der Waals surface area contributed by atoms with Gasteiger partial charge in [0.1, 0.15) is 9.77 Å². The lowest BCUT2D eigenvalue weighted by atomic mass is 10.0. The SMILES string of the molecule is COC(=O)c1sccc1S(=O)(=O)Nc1ccccc1C(C)C. The Morgan fingerprint density at radius 3 is 2.55 bits per heavy atom.